The SMILES string of the molecule is COc1nc(N)nn2c([C@H]3CN(C)CC3(F)F)c(F)c(-c3ccc4nnn([C@@H](C)CF)c4c3)c12. The van der Waals surface area contributed by atoms with Gasteiger partial charge in [0.05, 0.1) is 42.4 Å². The molecular formula is C21H22F4N8O. The normalized spacial score (nSPS) is 19.3. The summed E-state index contributed by atoms with van der Waals surface area (Å²) in [4.78, 5) is 5.46. The fraction of sp³-hybridized carbons (Fsp3) is 0.429. The number of nitrogens with two attached hydrogens (primary N) is 1. The van der Waals surface area contributed by atoms with E-state index in [9.17, 15) is 13.2 Å². The quantitative estimate of drug-likeness (QED) is 0.440. The molecule has 4 aromatic rings. The molecule has 2 atom stereocenters. The minimum Gasteiger partial charge on any atom is -0.479 e. The summed E-state index contributed by atoms with van der Waals surface area (Å²) in [5, 5.41) is 12.1. The Balaban J connectivity index is 1.82. The molecule has 0 bridgehead atoms. The number of aromatic nitrogens is 6. The summed E-state index contributed by atoms with van der Waals surface area (Å²) in [5.41, 5.74) is 6.78. The van der Waals surface area contributed by atoms with Crippen LogP contribution in [0.5, 0.6) is 5.88 Å². The lowest BCUT2D eigenvalue weighted by Crippen LogP contribution is -2.27. The van der Waals surface area contributed by atoms with E-state index in [1.807, 2.05) is 0 Å². The first-order valence-corrected chi connectivity index (χ1v) is 10.6. The van der Waals surface area contributed by atoms with Gasteiger partial charge in [-0.1, -0.05) is 11.3 Å². The third-order valence-electron chi connectivity index (χ3n) is 6.15. The molecule has 0 aliphatic carbocycles. The molecule has 1 aliphatic rings. The van der Waals surface area contributed by atoms with Crippen LogP contribution < -0.4 is 10.5 Å². The van der Waals surface area contributed by atoms with Crippen molar-refractivity contribution in [2.24, 2.45) is 0 Å². The second kappa shape index (κ2) is 7.79. The number of nitrogens with zero attached hydrogens (tertiary/aromatic N) is 7. The van der Waals surface area contributed by atoms with E-state index in [-0.39, 0.29) is 35.1 Å². The number of likely N-dealkylation sites (N-methyl/N-ethyl adjacent to an activating group) is 1. The Morgan fingerprint density at radius 1 is 1.32 bits per heavy atom. The number of likely N-dealkylation sites (tertiary alicyclic amines) is 1. The van der Waals surface area contributed by atoms with E-state index in [4.69, 9.17) is 10.5 Å². The summed E-state index contributed by atoms with van der Waals surface area (Å²) in [6.07, 6.45) is 0. The van der Waals surface area contributed by atoms with Crippen LogP contribution >= 0.6 is 0 Å². The Kier molecular flexibility index (Phi) is 5.11. The molecule has 34 heavy (non-hydrogen) atoms. The highest BCUT2D eigenvalue weighted by Gasteiger charge is 2.51. The van der Waals surface area contributed by atoms with Crippen molar-refractivity contribution in [2.45, 2.75) is 24.8 Å². The molecule has 13 heteroatoms. The van der Waals surface area contributed by atoms with E-state index < -0.39 is 36.9 Å². The van der Waals surface area contributed by atoms with Crippen LogP contribution in [0.1, 0.15) is 24.6 Å². The highest BCUT2D eigenvalue weighted by Crippen LogP contribution is 2.46. The van der Waals surface area contributed by atoms with Crippen LogP contribution in [-0.4, -0.2) is 74.3 Å². The lowest BCUT2D eigenvalue weighted by atomic mass is 9.98. The predicted molar refractivity (Wildman–Crippen MR) is 116 cm³/mol. The van der Waals surface area contributed by atoms with Crippen LogP contribution in [0.15, 0.2) is 18.2 Å². The van der Waals surface area contributed by atoms with Gasteiger partial charge in [-0.15, -0.1) is 10.2 Å². The van der Waals surface area contributed by atoms with Gasteiger partial charge in [-0.2, -0.15) is 4.98 Å². The number of halogens is 4. The van der Waals surface area contributed by atoms with Gasteiger partial charge in [0.1, 0.15) is 17.7 Å². The molecule has 9 nitrogen and oxygen atoms in total. The van der Waals surface area contributed by atoms with E-state index in [0.29, 0.717) is 16.6 Å². The molecule has 0 amide bonds. The maximum absolute atomic E-state index is 16.2. The molecule has 0 unspecified atom stereocenters. The number of nitrogen functional groups attached to an aromatic ring is 1. The number of fused-ring (bicyclic) bond motifs is 2. The monoisotopic (exact) mass is 478 g/mol. The Labute approximate surface area is 191 Å². The molecule has 180 valence electrons. The number of hydrogen-bond acceptors (Lipinski definition) is 7. The van der Waals surface area contributed by atoms with Gasteiger partial charge in [0.25, 0.3) is 5.92 Å². The number of ether oxygens (including phenoxy) is 1. The molecule has 1 aliphatic heterocycles. The predicted octanol–water partition coefficient (Wildman–Crippen LogP) is 3.07. The van der Waals surface area contributed by atoms with E-state index in [1.165, 1.54) is 16.7 Å². The Bertz CT molecular complexity index is 1400. The van der Waals surface area contributed by atoms with Gasteiger partial charge >= 0.3 is 0 Å². The molecule has 4 heterocycles. The number of benzene rings is 1. The van der Waals surface area contributed by atoms with Gasteiger partial charge < -0.3 is 10.5 Å². The fourth-order valence-corrected chi connectivity index (χ4v) is 4.59. The van der Waals surface area contributed by atoms with E-state index in [0.717, 1.165) is 4.52 Å². The van der Waals surface area contributed by atoms with E-state index in [2.05, 4.69) is 20.4 Å². The zero-order chi connectivity index (χ0) is 24.4. The van der Waals surface area contributed by atoms with Gasteiger partial charge in [-0.25, -0.2) is 26.8 Å². The molecule has 2 N–H and O–H groups in total. The lowest BCUT2D eigenvalue weighted by Gasteiger charge is -2.17. The van der Waals surface area contributed by atoms with Crippen LogP contribution in [0.2, 0.25) is 0 Å². The van der Waals surface area contributed by atoms with Crippen molar-refractivity contribution >= 4 is 22.5 Å². The van der Waals surface area contributed by atoms with Crippen LogP contribution in [0.4, 0.5) is 23.5 Å². The van der Waals surface area contributed by atoms with Crippen LogP contribution in [0, 0.1) is 5.82 Å². The number of rotatable bonds is 5. The fourth-order valence-electron chi connectivity index (χ4n) is 4.59. The van der Waals surface area contributed by atoms with E-state index >= 15 is 4.39 Å². The van der Waals surface area contributed by atoms with Crippen molar-refractivity contribution < 1.29 is 22.3 Å². The first-order valence-electron chi connectivity index (χ1n) is 10.6. The first kappa shape index (κ1) is 22.3. The minimum absolute atomic E-state index is 0.0280. The molecule has 1 fully saturated rings. The Morgan fingerprint density at radius 2 is 2.09 bits per heavy atom. The van der Waals surface area contributed by atoms with Crippen molar-refractivity contribution in [1.82, 2.24) is 34.5 Å². The largest absolute Gasteiger partial charge is 0.479 e. The molecule has 0 spiro atoms. The summed E-state index contributed by atoms with van der Waals surface area (Å²) in [6.45, 7) is 0.355. The number of methoxy groups -OCH3 is 1. The van der Waals surface area contributed by atoms with Crippen molar-refractivity contribution in [2.75, 3.05) is 39.7 Å². The summed E-state index contributed by atoms with van der Waals surface area (Å²) >= 11 is 0. The van der Waals surface area contributed by atoms with Crippen molar-refractivity contribution in [1.29, 1.82) is 0 Å². The van der Waals surface area contributed by atoms with Crippen LogP contribution in [-0.2, 0) is 0 Å². The van der Waals surface area contributed by atoms with Crippen molar-refractivity contribution in [3.8, 4) is 17.0 Å². The number of hydrogen-bond donors (Lipinski definition) is 1. The molecule has 3 aromatic heterocycles. The van der Waals surface area contributed by atoms with Crippen LogP contribution in [0.25, 0.3) is 27.7 Å². The first-order chi connectivity index (χ1) is 16.2. The summed E-state index contributed by atoms with van der Waals surface area (Å²) in [5.74, 6) is -5.87. The third kappa shape index (κ3) is 3.25. The summed E-state index contributed by atoms with van der Waals surface area (Å²) in [7, 11) is 2.86. The smallest absolute Gasteiger partial charge is 0.270 e. The maximum atomic E-state index is 16.2. The van der Waals surface area contributed by atoms with Gasteiger partial charge in [0.15, 0.2) is 5.82 Å². The maximum Gasteiger partial charge on any atom is 0.270 e. The van der Waals surface area contributed by atoms with Crippen molar-refractivity contribution in [3.05, 3.63) is 29.7 Å². The van der Waals surface area contributed by atoms with Gasteiger partial charge in [0.2, 0.25) is 11.8 Å². The standard InChI is InChI=1S/C21H22F4N8O/c1-10(7-22)32-14-6-11(4-5-13(14)28-30-32)15-16(23)17(12-8-31(2)9-21(12,24)25)33-18(15)19(34-3)27-20(26)29-33/h4-6,10,12H,7-9H2,1-3H3,(H2,26,29)/t10-,12+/m0/s1. The lowest BCUT2D eigenvalue weighted by molar-refractivity contribution is -0.00340. The topological polar surface area (TPSA) is 99.4 Å². The van der Waals surface area contributed by atoms with Gasteiger partial charge in [0, 0.05) is 6.54 Å². The summed E-state index contributed by atoms with van der Waals surface area (Å²) < 4.78 is 67.1. The molecule has 0 saturated carbocycles. The van der Waals surface area contributed by atoms with Crippen LogP contribution in [0.3, 0.4) is 0 Å². The molecule has 1 saturated heterocycles. The van der Waals surface area contributed by atoms with Gasteiger partial charge in [-0.05, 0) is 31.7 Å². The van der Waals surface area contributed by atoms with E-state index in [1.54, 1.807) is 32.2 Å². The Hall–Kier alpha value is -3.48. The van der Waals surface area contributed by atoms with Crippen molar-refractivity contribution in [3.63, 3.8) is 0 Å². The molecule has 1 aromatic carbocycles. The average Bonchev–Trinajstić information content (AvgIpc) is 3.42. The highest BCUT2D eigenvalue weighted by molar-refractivity contribution is 5.90. The second-order valence-corrected chi connectivity index (χ2v) is 8.57. The minimum atomic E-state index is -3.20. The molecule has 0 radical (unpaired) electrons. The van der Waals surface area contributed by atoms with Gasteiger partial charge in [-0.3, -0.25) is 4.90 Å². The number of alkyl halides is 3. The third-order valence-corrected chi connectivity index (χ3v) is 6.15. The zero-order valence-electron chi connectivity index (χ0n) is 18.6. The zero-order valence-corrected chi connectivity index (χ0v) is 18.6. The molecular weight excluding hydrogens is 456 g/mol. The number of anilines is 1. The summed E-state index contributed by atoms with van der Waals surface area (Å²) in [6, 6.07) is 4.16. The second-order valence-electron chi connectivity index (χ2n) is 8.57. The highest BCUT2D eigenvalue weighted by atomic mass is 19.3. The Morgan fingerprint density at radius 3 is 2.74 bits per heavy atom. The average molecular weight is 478 g/mol. The molecule has 5 rings (SSSR count).